The normalized spacial score (nSPS) is 10.7. The van der Waals surface area contributed by atoms with E-state index in [1.807, 2.05) is 0 Å². The quantitative estimate of drug-likeness (QED) is 0.289. The van der Waals surface area contributed by atoms with Crippen LogP contribution >= 0.6 is 0 Å². The van der Waals surface area contributed by atoms with Gasteiger partial charge in [0.15, 0.2) is 14.3 Å². The molecule has 0 bridgehead atoms. The highest BCUT2D eigenvalue weighted by Crippen LogP contribution is 2.19. The topological polar surface area (TPSA) is 9.23 Å². The van der Waals surface area contributed by atoms with Gasteiger partial charge in [-0.05, 0) is 74.5 Å². The van der Waals surface area contributed by atoms with Crippen LogP contribution in [0.4, 0.5) is 0 Å². The standard InChI is InChI=1S/C26H22I2O/c1-19-7-3-5-9-25(19)27-21-11-15-23(16-12-21)29-24-17-13-22(14-18-24)28-26-10-6-4-8-20(26)2/h3-18H,1-2H3/q+2. The Balaban J connectivity index is 1.39. The maximum Gasteiger partial charge on any atom is 0.358 e. The smallest absolute Gasteiger partial charge is 0.358 e. The maximum absolute atomic E-state index is 6.06. The van der Waals surface area contributed by atoms with E-state index in [-0.39, 0.29) is 42.4 Å². The second kappa shape index (κ2) is 9.76. The zero-order valence-corrected chi connectivity index (χ0v) is 20.7. The molecule has 0 aliphatic heterocycles. The van der Waals surface area contributed by atoms with Crippen LogP contribution in [-0.4, -0.2) is 0 Å². The third-order valence-corrected chi connectivity index (χ3v) is 10.7. The molecule has 0 unspecified atom stereocenters. The van der Waals surface area contributed by atoms with E-state index in [2.05, 4.69) is 111 Å². The Labute approximate surface area is 193 Å². The Morgan fingerprint density at radius 3 is 1.24 bits per heavy atom. The molecule has 0 saturated heterocycles. The summed E-state index contributed by atoms with van der Waals surface area (Å²) in [5.41, 5.74) is 2.77. The zero-order valence-electron chi connectivity index (χ0n) is 16.4. The molecule has 4 rings (SSSR count). The summed E-state index contributed by atoms with van der Waals surface area (Å²) in [4.78, 5) is 0. The molecule has 0 fully saturated rings. The number of aryl methyl sites for hydroxylation is 2. The van der Waals surface area contributed by atoms with Crippen LogP contribution in [0.15, 0.2) is 97.1 Å². The molecular weight excluding hydrogens is 582 g/mol. The van der Waals surface area contributed by atoms with E-state index in [1.165, 1.54) is 25.4 Å². The number of hydrogen-bond acceptors (Lipinski definition) is 1. The molecule has 0 saturated carbocycles. The first-order valence-corrected chi connectivity index (χ1v) is 13.8. The average molecular weight is 604 g/mol. The number of rotatable bonds is 6. The van der Waals surface area contributed by atoms with Gasteiger partial charge in [0.05, 0.1) is 0 Å². The Morgan fingerprint density at radius 2 is 0.862 bits per heavy atom. The molecule has 0 atom stereocenters. The summed E-state index contributed by atoms with van der Waals surface area (Å²) in [6.45, 7) is 4.38. The molecule has 0 amide bonds. The van der Waals surface area contributed by atoms with Crippen LogP contribution < -0.4 is 47.1 Å². The predicted molar refractivity (Wildman–Crippen MR) is 110 cm³/mol. The van der Waals surface area contributed by atoms with Crippen molar-refractivity contribution in [1.29, 1.82) is 0 Å². The summed E-state index contributed by atoms with van der Waals surface area (Å²) < 4.78 is 11.8. The fourth-order valence-corrected chi connectivity index (χ4v) is 7.58. The summed E-state index contributed by atoms with van der Waals surface area (Å²) in [5, 5.41) is 0. The Kier molecular flexibility index (Phi) is 6.87. The van der Waals surface area contributed by atoms with E-state index in [0.29, 0.717) is 0 Å². The van der Waals surface area contributed by atoms with Crippen molar-refractivity contribution in [3.8, 4) is 11.5 Å². The van der Waals surface area contributed by atoms with Gasteiger partial charge in [-0.15, -0.1) is 0 Å². The minimum Gasteiger partial charge on any atom is -0.457 e. The molecule has 0 aliphatic rings. The fraction of sp³-hybridized carbons (Fsp3) is 0.0769. The first-order chi connectivity index (χ1) is 14.2. The second-order valence-electron chi connectivity index (χ2n) is 6.70. The first kappa shape index (κ1) is 20.4. The lowest BCUT2D eigenvalue weighted by Gasteiger charge is -2.04. The monoisotopic (exact) mass is 604 g/mol. The molecule has 0 N–H and O–H groups in total. The fourth-order valence-electron chi connectivity index (χ4n) is 2.82. The average Bonchev–Trinajstić information content (AvgIpc) is 2.74. The van der Waals surface area contributed by atoms with Crippen LogP contribution in [0.5, 0.6) is 11.5 Å². The Morgan fingerprint density at radius 1 is 0.483 bits per heavy atom. The molecule has 29 heavy (non-hydrogen) atoms. The van der Waals surface area contributed by atoms with E-state index < -0.39 is 0 Å². The zero-order chi connectivity index (χ0) is 20.1. The number of hydrogen-bond donors (Lipinski definition) is 0. The molecule has 4 aromatic rings. The largest absolute Gasteiger partial charge is 0.457 e. The lowest BCUT2D eigenvalue weighted by Crippen LogP contribution is -3.61. The van der Waals surface area contributed by atoms with E-state index in [1.54, 1.807) is 0 Å². The molecule has 1 nitrogen and oxygen atoms in total. The predicted octanol–water partition coefficient (Wildman–Crippen LogP) is 0.353. The van der Waals surface area contributed by atoms with Gasteiger partial charge in [-0.2, -0.15) is 0 Å². The van der Waals surface area contributed by atoms with Crippen molar-refractivity contribution in [2.24, 2.45) is 0 Å². The van der Waals surface area contributed by atoms with Gasteiger partial charge in [0, 0.05) is 11.1 Å². The highest BCUT2D eigenvalue weighted by Gasteiger charge is 2.19. The Bertz CT molecular complexity index is 997. The molecule has 0 aromatic heterocycles. The number of halogens is 2. The van der Waals surface area contributed by atoms with Crippen LogP contribution in [0.25, 0.3) is 0 Å². The van der Waals surface area contributed by atoms with Crippen LogP contribution in [0, 0.1) is 28.1 Å². The summed E-state index contributed by atoms with van der Waals surface area (Å²) in [6, 6.07) is 34.5. The van der Waals surface area contributed by atoms with Gasteiger partial charge >= 0.3 is 42.4 Å². The first-order valence-electron chi connectivity index (χ1n) is 9.46. The van der Waals surface area contributed by atoms with Gasteiger partial charge in [0.1, 0.15) is 11.5 Å². The lowest BCUT2D eigenvalue weighted by atomic mass is 10.2. The molecule has 0 radical (unpaired) electrons. The molecular formula is C26H22I2O+2. The van der Waals surface area contributed by atoms with Crippen molar-refractivity contribution in [1.82, 2.24) is 0 Å². The lowest BCUT2D eigenvalue weighted by molar-refractivity contribution is -0.598. The van der Waals surface area contributed by atoms with Crippen molar-refractivity contribution < 1.29 is 47.1 Å². The summed E-state index contributed by atoms with van der Waals surface area (Å²) in [5.74, 6) is 1.78. The molecule has 3 heteroatoms. The van der Waals surface area contributed by atoms with Crippen molar-refractivity contribution in [3.63, 3.8) is 0 Å². The van der Waals surface area contributed by atoms with Crippen LogP contribution in [-0.2, 0) is 0 Å². The van der Waals surface area contributed by atoms with Gasteiger partial charge in [-0.3, -0.25) is 0 Å². The van der Waals surface area contributed by atoms with E-state index in [0.717, 1.165) is 11.5 Å². The minimum absolute atomic E-state index is 0.150. The van der Waals surface area contributed by atoms with Crippen molar-refractivity contribution >= 4 is 0 Å². The molecule has 144 valence electrons. The molecule has 0 heterocycles. The highest BCUT2D eigenvalue weighted by molar-refractivity contribution is 5.30. The highest BCUT2D eigenvalue weighted by atomic mass is 127. The van der Waals surface area contributed by atoms with E-state index >= 15 is 0 Å². The summed E-state index contributed by atoms with van der Waals surface area (Å²) >= 11 is -0.301. The van der Waals surface area contributed by atoms with Gasteiger partial charge in [-0.1, -0.05) is 36.4 Å². The second-order valence-corrected chi connectivity index (χ2v) is 12.6. The molecule has 0 aliphatic carbocycles. The van der Waals surface area contributed by atoms with Crippen molar-refractivity contribution in [3.05, 3.63) is 122 Å². The van der Waals surface area contributed by atoms with Crippen LogP contribution in [0.1, 0.15) is 11.1 Å². The molecule has 0 spiro atoms. The van der Waals surface area contributed by atoms with Crippen LogP contribution in [0.2, 0.25) is 0 Å². The van der Waals surface area contributed by atoms with Crippen LogP contribution in [0.3, 0.4) is 0 Å². The SMILES string of the molecule is Cc1ccccc1[I+]c1ccc(Oc2ccc([I+]c3ccccc3C)cc2)cc1. The van der Waals surface area contributed by atoms with Gasteiger partial charge in [0.25, 0.3) is 0 Å². The van der Waals surface area contributed by atoms with Crippen molar-refractivity contribution in [2.45, 2.75) is 13.8 Å². The van der Waals surface area contributed by atoms with Gasteiger partial charge < -0.3 is 4.74 Å². The van der Waals surface area contributed by atoms with Crippen molar-refractivity contribution in [2.75, 3.05) is 0 Å². The van der Waals surface area contributed by atoms with Gasteiger partial charge in [0.2, 0.25) is 0 Å². The van der Waals surface area contributed by atoms with E-state index in [9.17, 15) is 0 Å². The Hall–Kier alpha value is -1.86. The third kappa shape index (κ3) is 5.60. The maximum atomic E-state index is 6.06. The number of benzene rings is 4. The number of ether oxygens (including phenoxy) is 1. The third-order valence-electron chi connectivity index (χ3n) is 4.44. The van der Waals surface area contributed by atoms with Gasteiger partial charge in [-0.25, -0.2) is 0 Å². The molecule has 4 aromatic carbocycles. The summed E-state index contributed by atoms with van der Waals surface area (Å²) in [7, 11) is 0. The van der Waals surface area contributed by atoms with E-state index in [4.69, 9.17) is 4.74 Å². The summed E-state index contributed by atoms with van der Waals surface area (Å²) in [6.07, 6.45) is 0. The minimum atomic E-state index is -0.150.